The molecule has 1 atom stereocenters. The van der Waals surface area contributed by atoms with Gasteiger partial charge in [0.25, 0.3) is 0 Å². The molecule has 6 rings (SSSR count). The number of anilines is 1. The molecule has 4 heterocycles. The normalized spacial score (nSPS) is 19.2. The van der Waals surface area contributed by atoms with Crippen LogP contribution in [0.25, 0.3) is 21.6 Å². The van der Waals surface area contributed by atoms with Gasteiger partial charge in [-0.1, -0.05) is 42.4 Å². The monoisotopic (exact) mass is 460 g/mol. The van der Waals surface area contributed by atoms with Gasteiger partial charge in [0.2, 0.25) is 11.7 Å². The van der Waals surface area contributed by atoms with Crippen molar-refractivity contribution in [3.05, 3.63) is 52.5 Å². The van der Waals surface area contributed by atoms with Gasteiger partial charge in [-0.2, -0.15) is 4.98 Å². The van der Waals surface area contributed by atoms with Gasteiger partial charge in [0, 0.05) is 36.6 Å². The van der Waals surface area contributed by atoms with E-state index in [4.69, 9.17) is 14.5 Å². The third-order valence-electron chi connectivity index (χ3n) is 6.78. The number of hydrogen-bond acceptors (Lipinski definition) is 8. The Morgan fingerprint density at radius 3 is 2.70 bits per heavy atom. The van der Waals surface area contributed by atoms with Crippen molar-refractivity contribution in [1.29, 1.82) is 0 Å². The van der Waals surface area contributed by atoms with Gasteiger partial charge in [-0.3, -0.25) is 4.90 Å². The molecule has 0 saturated carbocycles. The SMILES string of the molecule is Cc1nc(N2CCN(Cc3nc(-c4ccccc4)no3)CC2)c2c3c(sc2n1)CC(C)CC3. The molecule has 33 heavy (non-hydrogen) atoms. The van der Waals surface area contributed by atoms with Crippen molar-refractivity contribution >= 4 is 27.4 Å². The van der Waals surface area contributed by atoms with Crippen LogP contribution in [0.15, 0.2) is 34.9 Å². The summed E-state index contributed by atoms with van der Waals surface area (Å²) < 4.78 is 5.53. The van der Waals surface area contributed by atoms with Gasteiger partial charge in [-0.25, -0.2) is 9.97 Å². The third-order valence-corrected chi connectivity index (χ3v) is 7.93. The summed E-state index contributed by atoms with van der Waals surface area (Å²) in [4.78, 5) is 21.9. The Morgan fingerprint density at radius 2 is 1.88 bits per heavy atom. The van der Waals surface area contributed by atoms with Gasteiger partial charge >= 0.3 is 0 Å². The Bertz CT molecular complexity index is 1280. The van der Waals surface area contributed by atoms with Gasteiger partial charge in [0.05, 0.1) is 11.9 Å². The fourth-order valence-corrected chi connectivity index (χ4v) is 6.41. The molecule has 1 aromatic carbocycles. The highest BCUT2D eigenvalue weighted by Crippen LogP contribution is 2.41. The summed E-state index contributed by atoms with van der Waals surface area (Å²) in [6.07, 6.45) is 3.59. The topological polar surface area (TPSA) is 71.2 Å². The molecule has 0 bridgehead atoms. The van der Waals surface area contributed by atoms with Crippen molar-refractivity contribution in [2.24, 2.45) is 5.92 Å². The van der Waals surface area contributed by atoms with Gasteiger partial charge in [0.1, 0.15) is 16.5 Å². The molecular formula is C25H28N6OS. The van der Waals surface area contributed by atoms with E-state index in [1.807, 2.05) is 48.6 Å². The Balaban J connectivity index is 1.18. The van der Waals surface area contributed by atoms with E-state index < -0.39 is 0 Å². The van der Waals surface area contributed by atoms with Crippen LogP contribution >= 0.6 is 11.3 Å². The fraction of sp³-hybridized carbons (Fsp3) is 0.440. The second kappa shape index (κ2) is 8.50. The fourth-order valence-electron chi connectivity index (χ4n) is 4.99. The number of nitrogens with zero attached hydrogens (tertiary/aromatic N) is 6. The van der Waals surface area contributed by atoms with E-state index in [2.05, 4.69) is 26.9 Å². The van der Waals surface area contributed by atoms with Crippen LogP contribution in [-0.2, 0) is 19.4 Å². The number of piperazine rings is 1. The van der Waals surface area contributed by atoms with Crippen LogP contribution < -0.4 is 4.90 Å². The molecule has 3 aromatic heterocycles. The van der Waals surface area contributed by atoms with Gasteiger partial charge < -0.3 is 9.42 Å². The molecule has 1 fully saturated rings. The number of fused-ring (bicyclic) bond motifs is 3. The number of hydrogen-bond donors (Lipinski definition) is 0. The molecule has 2 aliphatic rings. The lowest BCUT2D eigenvalue weighted by molar-refractivity contribution is 0.215. The first-order valence-corrected chi connectivity index (χ1v) is 12.6. The molecule has 0 spiro atoms. The number of thiophene rings is 1. The van der Waals surface area contributed by atoms with E-state index in [-0.39, 0.29) is 0 Å². The highest BCUT2D eigenvalue weighted by Gasteiger charge is 2.27. The molecule has 1 aliphatic heterocycles. The summed E-state index contributed by atoms with van der Waals surface area (Å²) in [5.74, 6) is 4.08. The van der Waals surface area contributed by atoms with E-state index in [9.17, 15) is 0 Å². The van der Waals surface area contributed by atoms with Gasteiger partial charge in [-0.05, 0) is 37.7 Å². The number of rotatable bonds is 4. The van der Waals surface area contributed by atoms with Crippen molar-refractivity contribution in [2.75, 3.05) is 31.1 Å². The average molecular weight is 461 g/mol. The van der Waals surface area contributed by atoms with Crippen LogP contribution in [0.3, 0.4) is 0 Å². The third kappa shape index (κ3) is 4.02. The van der Waals surface area contributed by atoms with Crippen LogP contribution in [0.1, 0.15) is 35.5 Å². The second-order valence-corrected chi connectivity index (χ2v) is 10.4. The zero-order valence-corrected chi connectivity index (χ0v) is 19.9. The van der Waals surface area contributed by atoms with Crippen molar-refractivity contribution in [1.82, 2.24) is 25.0 Å². The largest absolute Gasteiger partial charge is 0.353 e. The standard InChI is InChI=1S/C25H28N6OS/c1-16-8-9-19-20(14-16)33-25-22(19)24(26-17(2)27-25)31-12-10-30(11-13-31)15-21-28-23(29-32-21)18-6-4-3-5-7-18/h3-7,16H,8-15H2,1-2H3. The average Bonchev–Trinajstić information content (AvgIpc) is 3.43. The molecule has 0 radical (unpaired) electrons. The summed E-state index contributed by atoms with van der Waals surface area (Å²) in [6.45, 7) is 8.81. The zero-order valence-electron chi connectivity index (χ0n) is 19.1. The summed E-state index contributed by atoms with van der Waals surface area (Å²) in [5.41, 5.74) is 2.48. The molecule has 1 unspecified atom stereocenters. The Hall–Kier alpha value is -2.84. The lowest BCUT2D eigenvalue weighted by Gasteiger charge is -2.35. The molecule has 0 amide bonds. The second-order valence-electron chi connectivity index (χ2n) is 9.27. The van der Waals surface area contributed by atoms with E-state index in [1.165, 1.54) is 33.5 Å². The van der Waals surface area contributed by atoms with Gasteiger partial charge in [-0.15, -0.1) is 11.3 Å². The quantitative estimate of drug-likeness (QED) is 0.444. The minimum atomic E-state index is 0.652. The highest BCUT2D eigenvalue weighted by atomic mass is 32.1. The smallest absolute Gasteiger partial charge is 0.241 e. The van der Waals surface area contributed by atoms with E-state index in [0.717, 1.165) is 55.7 Å². The van der Waals surface area contributed by atoms with Crippen molar-refractivity contribution < 1.29 is 4.52 Å². The first-order valence-electron chi connectivity index (χ1n) is 11.8. The number of aromatic nitrogens is 4. The first-order chi connectivity index (χ1) is 16.1. The maximum atomic E-state index is 5.53. The van der Waals surface area contributed by atoms with Crippen molar-refractivity contribution in [3.8, 4) is 11.4 Å². The predicted octanol–water partition coefficient (Wildman–Crippen LogP) is 4.50. The summed E-state index contributed by atoms with van der Waals surface area (Å²) >= 11 is 1.88. The molecule has 1 saturated heterocycles. The van der Waals surface area contributed by atoms with Crippen LogP contribution in [-0.4, -0.2) is 51.2 Å². The minimum absolute atomic E-state index is 0.652. The van der Waals surface area contributed by atoms with E-state index >= 15 is 0 Å². The summed E-state index contributed by atoms with van der Waals surface area (Å²) in [6, 6.07) is 9.97. The van der Waals surface area contributed by atoms with E-state index in [0.29, 0.717) is 18.3 Å². The number of benzene rings is 1. The summed E-state index contributed by atoms with van der Waals surface area (Å²) in [5, 5.41) is 5.47. The molecule has 8 heteroatoms. The predicted molar refractivity (Wildman–Crippen MR) is 131 cm³/mol. The maximum absolute atomic E-state index is 5.53. The van der Waals surface area contributed by atoms with Crippen molar-refractivity contribution in [3.63, 3.8) is 0 Å². The van der Waals surface area contributed by atoms with Crippen LogP contribution in [0.5, 0.6) is 0 Å². The lowest BCUT2D eigenvalue weighted by atomic mass is 9.89. The zero-order chi connectivity index (χ0) is 22.4. The van der Waals surface area contributed by atoms with Crippen molar-refractivity contribution in [2.45, 2.75) is 39.7 Å². The molecular weight excluding hydrogens is 432 g/mol. The Morgan fingerprint density at radius 1 is 1.06 bits per heavy atom. The number of aryl methyl sites for hydroxylation is 2. The summed E-state index contributed by atoms with van der Waals surface area (Å²) in [7, 11) is 0. The molecule has 0 N–H and O–H groups in total. The molecule has 170 valence electrons. The van der Waals surface area contributed by atoms with Crippen LogP contribution in [0.4, 0.5) is 5.82 Å². The van der Waals surface area contributed by atoms with Crippen LogP contribution in [0.2, 0.25) is 0 Å². The van der Waals surface area contributed by atoms with Gasteiger partial charge in [0.15, 0.2) is 0 Å². The first kappa shape index (κ1) is 20.7. The lowest BCUT2D eigenvalue weighted by Crippen LogP contribution is -2.46. The molecule has 4 aromatic rings. The molecule has 7 nitrogen and oxygen atoms in total. The molecule has 1 aliphatic carbocycles. The Kier molecular flexibility index (Phi) is 5.34. The van der Waals surface area contributed by atoms with E-state index in [1.54, 1.807) is 0 Å². The Labute approximate surface area is 197 Å². The van der Waals surface area contributed by atoms with Crippen LogP contribution in [0, 0.1) is 12.8 Å². The maximum Gasteiger partial charge on any atom is 0.241 e. The highest BCUT2D eigenvalue weighted by molar-refractivity contribution is 7.19. The minimum Gasteiger partial charge on any atom is -0.353 e.